The van der Waals surface area contributed by atoms with Gasteiger partial charge in [-0.3, -0.25) is 0 Å². The molecule has 1 fully saturated rings. The van der Waals surface area contributed by atoms with Crippen LogP contribution in [0.2, 0.25) is 0 Å². The topological polar surface area (TPSA) is 9.23 Å². The summed E-state index contributed by atoms with van der Waals surface area (Å²) in [6, 6.07) is 5.68. The quantitative estimate of drug-likeness (QED) is 0.680. The summed E-state index contributed by atoms with van der Waals surface area (Å²) in [5.41, 5.74) is -0.181. The van der Waals surface area contributed by atoms with Crippen LogP contribution in [-0.2, 0) is 10.9 Å². The molecular formula is C10H9F3O. The Morgan fingerprint density at radius 3 is 2.29 bits per heavy atom. The van der Waals surface area contributed by atoms with Gasteiger partial charge in [0.1, 0.15) is 0 Å². The summed E-state index contributed by atoms with van der Waals surface area (Å²) < 4.78 is 42.5. The second kappa shape index (κ2) is 3.28. The van der Waals surface area contributed by atoms with Crippen molar-refractivity contribution in [2.45, 2.75) is 12.1 Å². The second-order valence-electron chi connectivity index (χ2n) is 3.32. The van der Waals surface area contributed by atoms with Crippen LogP contribution in [0.1, 0.15) is 17.0 Å². The van der Waals surface area contributed by atoms with E-state index >= 15 is 0 Å². The Balaban J connectivity index is 2.38. The maximum Gasteiger partial charge on any atom is 0.416 e. The van der Waals surface area contributed by atoms with Crippen molar-refractivity contribution in [1.82, 2.24) is 0 Å². The van der Waals surface area contributed by atoms with Gasteiger partial charge in [-0.15, -0.1) is 0 Å². The minimum absolute atomic E-state index is 0.0900. The fraction of sp³-hybridized carbons (Fsp3) is 0.400. The minimum atomic E-state index is -4.26. The van der Waals surface area contributed by atoms with Crippen molar-refractivity contribution in [3.8, 4) is 0 Å². The number of halogens is 3. The first-order chi connectivity index (χ1) is 6.59. The fourth-order valence-electron chi connectivity index (χ4n) is 1.53. The molecule has 0 aromatic heterocycles. The summed E-state index contributed by atoms with van der Waals surface area (Å²) in [4.78, 5) is 0. The molecule has 0 aliphatic carbocycles. The molecule has 1 saturated heterocycles. The Labute approximate surface area is 79.5 Å². The summed E-state index contributed by atoms with van der Waals surface area (Å²) in [5.74, 6) is -0.0900. The predicted molar refractivity (Wildman–Crippen MR) is 45.0 cm³/mol. The Hall–Kier alpha value is -1.03. The van der Waals surface area contributed by atoms with Gasteiger partial charge < -0.3 is 4.74 Å². The molecule has 0 atom stereocenters. The van der Waals surface area contributed by atoms with E-state index in [0.717, 1.165) is 6.07 Å². The van der Waals surface area contributed by atoms with Crippen molar-refractivity contribution in [1.29, 1.82) is 0 Å². The molecule has 1 aliphatic heterocycles. The second-order valence-corrected chi connectivity index (χ2v) is 3.32. The van der Waals surface area contributed by atoms with Crippen molar-refractivity contribution in [3.63, 3.8) is 0 Å². The van der Waals surface area contributed by atoms with Gasteiger partial charge in [-0.2, -0.15) is 13.2 Å². The average molecular weight is 202 g/mol. The van der Waals surface area contributed by atoms with E-state index in [0.29, 0.717) is 18.8 Å². The molecule has 0 N–H and O–H groups in total. The third-order valence-electron chi connectivity index (χ3n) is 2.34. The summed E-state index contributed by atoms with van der Waals surface area (Å²) in [7, 11) is 0. The molecule has 1 heterocycles. The lowest BCUT2D eigenvalue weighted by Crippen LogP contribution is -2.27. The molecule has 4 heteroatoms. The first-order valence-corrected chi connectivity index (χ1v) is 4.33. The van der Waals surface area contributed by atoms with Crippen LogP contribution >= 0.6 is 0 Å². The summed E-state index contributed by atoms with van der Waals surface area (Å²) in [6.07, 6.45) is -4.26. The predicted octanol–water partition coefficient (Wildman–Crippen LogP) is 2.82. The van der Waals surface area contributed by atoms with Crippen LogP contribution in [0.25, 0.3) is 0 Å². The van der Waals surface area contributed by atoms with Gasteiger partial charge in [-0.05, 0) is 11.6 Å². The molecule has 1 aromatic carbocycles. The number of hydrogen-bond acceptors (Lipinski definition) is 1. The lowest BCUT2D eigenvalue weighted by molar-refractivity contribution is -0.139. The third kappa shape index (κ3) is 1.62. The molecule has 76 valence electrons. The Morgan fingerprint density at radius 1 is 1.14 bits per heavy atom. The number of rotatable bonds is 1. The van der Waals surface area contributed by atoms with E-state index < -0.39 is 11.7 Å². The fourth-order valence-corrected chi connectivity index (χ4v) is 1.53. The molecule has 14 heavy (non-hydrogen) atoms. The number of ether oxygens (including phenoxy) is 1. The van der Waals surface area contributed by atoms with Crippen LogP contribution in [0, 0.1) is 0 Å². The Morgan fingerprint density at radius 2 is 1.79 bits per heavy atom. The maximum absolute atomic E-state index is 12.5. The zero-order valence-corrected chi connectivity index (χ0v) is 7.34. The zero-order chi connectivity index (χ0) is 10.2. The minimum Gasteiger partial charge on any atom is -0.380 e. The van der Waals surface area contributed by atoms with Crippen LogP contribution in [-0.4, -0.2) is 13.2 Å². The number of alkyl halides is 3. The van der Waals surface area contributed by atoms with Gasteiger partial charge in [0.2, 0.25) is 0 Å². The van der Waals surface area contributed by atoms with E-state index in [1.54, 1.807) is 6.07 Å². The van der Waals surface area contributed by atoms with E-state index in [1.165, 1.54) is 12.1 Å². The number of hydrogen-bond donors (Lipinski definition) is 0. The molecular weight excluding hydrogens is 193 g/mol. The molecule has 0 saturated carbocycles. The highest BCUT2D eigenvalue weighted by atomic mass is 19.4. The van der Waals surface area contributed by atoms with Gasteiger partial charge in [0.15, 0.2) is 0 Å². The monoisotopic (exact) mass is 202 g/mol. The standard InChI is InChI=1S/C10H9F3O/c11-10(12,13)9-4-2-1-3-8(9)7-5-14-6-7/h1-4,7H,5-6H2. The van der Waals surface area contributed by atoms with Crippen molar-refractivity contribution in [2.75, 3.05) is 13.2 Å². The normalized spacial score (nSPS) is 17.9. The van der Waals surface area contributed by atoms with E-state index in [4.69, 9.17) is 4.74 Å². The van der Waals surface area contributed by atoms with Crippen molar-refractivity contribution < 1.29 is 17.9 Å². The van der Waals surface area contributed by atoms with Gasteiger partial charge >= 0.3 is 6.18 Å². The van der Waals surface area contributed by atoms with Crippen LogP contribution < -0.4 is 0 Å². The highest BCUT2D eigenvalue weighted by Crippen LogP contribution is 2.37. The molecule has 0 unspecified atom stereocenters. The molecule has 0 spiro atoms. The lowest BCUT2D eigenvalue weighted by Gasteiger charge is -2.28. The molecule has 0 amide bonds. The van der Waals surface area contributed by atoms with E-state index in [9.17, 15) is 13.2 Å². The SMILES string of the molecule is FC(F)(F)c1ccccc1C1COC1. The van der Waals surface area contributed by atoms with Gasteiger partial charge in [-0.25, -0.2) is 0 Å². The molecule has 1 aromatic rings. The van der Waals surface area contributed by atoms with Crippen molar-refractivity contribution in [2.24, 2.45) is 0 Å². The summed E-state index contributed by atoms with van der Waals surface area (Å²) >= 11 is 0. The first-order valence-electron chi connectivity index (χ1n) is 4.33. The molecule has 0 bridgehead atoms. The number of benzene rings is 1. The van der Waals surface area contributed by atoms with E-state index in [2.05, 4.69) is 0 Å². The molecule has 0 radical (unpaired) electrons. The zero-order valence-electron chi connectivity index (χ0n) is 7.34. The highest BCUT2D eigenvalue weighted by Gasteiger charge is 2.36. The molecule has 1 aliphatic rings. The van der Waals surface area contributed by atoms with Crippen LogP contribution in [0.5, 0.6) is 0 Å². The first kappa shape index (κ1) is 9.52. The third-order valence-corrected chi connectivity index (χ3v) is 2.34. The Bertz CT molecular complexity index is 328. The smallest absolute Gasteiger partial charge is 0.380 e. The van der Waals surface area contributed by atoms with E-state index in [1.807, 2.05) is 0 Å². The average Bonchev–Trinajstić information content (AvgIpc) is 2.00. The largest absolute Gasteiger partial charge is 0.416 e. The van der Waals surface area contributed by atoms with Crippen LogP contribution in [0.4, 0.5) is 13.2 Å². The molecule has 2 rings (SSSR count). The summed E-state index contributed by atoms with van der Waals surface area (Å²) in [5, 5.41) is 0. The van der Waals surface area contributed by atoms with Crippen LogP contribution in [0.3, 0.4) is 0 Å². The van der Waals surface area contributed by atoms with Gasteiger partial charge in [0.05, 0.1) is 18.8 Å². The lowest BCUT2D eigenvalue weighted by atomic mass is 9.92. The summed E-state index contributed by atoms with van der Waals surface area (Å²) in [6.45, 7) is 0.792. The van der Waals surface area contributed by atoms with E-state index in [-0.39, 0.29) is 5.92 Å². The van der Waals surface area contributed by atoms with Crippen molar-refractivity contribution >= 4 is 0 Å². The van der Waals surface area contributed by atoms with Gasteiger partial charge in [0.25, 0.3) is 0 Å². The maximum atomic E-state index is 12.5. The van der Waals surface area contributed by atoms with Gasteiger partial charge in [0, 0.05) is 5.92 Å². The molecule has 1 nitrogen and oxygen atoms in total. The highest BCUT2D eigenvalue weighted by molar-refractivity contribution is 5.33. The van der Waals surface area contributed by atoms with Gasteiger partial charge in [-0.1, -0.05) is 18.2 Å². The van der Waals surface area contributed by atoms with Crippen molar-refractivity contribution in [3.05, 3.63) is 35.4 Å². The van der Waals surface area contributed by atoms with Crippen LogP contribution in [0.15, 0.2) is 24.3 Å². The Kier molecular flexibility index (Phi) is 2.23.